The van der Waals surface area contributed by atoms with E-state index < -0.39 is 0 Å². The minimum atomic E-state index is 0.189. The number of nitrogens with zero attached hydrogens (tertiary/aromatic N) is 1. The molecule has 3 rings (SSSR count). The summed E-state index contributed by atoms with van der Waals surface area (Å²) in [6.07, 6.45) is 8.67. The first-order valence-corrected chi connectivity index (χ1v) is 7.24. The Morgan fingerprint density at radius 1 is 1.38 bits per heavy atom. The fraction of sp³-hybridized carbons (Fsp3) is 0.769. The highest BCUT2D eigenvalue weighted by atomic mass is 32.1. The van der Waals surface area contributed by atoms with Crippen molar-refractivity contribution in [3.05, 3.63) is 16.1 Å². The number of thiazole rings is 1. The van der Waals surface area contributed by atoms with Gasteiger partial charge in [-0.2, -0.15) is 0 Å². The van der Waals surface area contributed by atoms with Gasteiger partial charge < -0.3 is 5.11 Å². The molecule has 1 heterocycles. The average molecular weight is 237 g/mol. The van der Waals surface area contributed by atoms with Crippen molar-refractivity contribution in [2.75, 3.05) is 6.61 Å². The lowest BCUT2D eigenvalue weighted by Gasteiger charge is -2.39. The summed E-state index contributed by atoms with van der Waals surface area (Å²) < 4.78 is 0. The van der Waals surface area contributed by atoms with E-state index in [4.69, 9.17) is 4.98 Å². The molecule has 0 bridgehead atoms. The molecule has 0 unspecified atom stereocenters. The molecule has 2 fully saturated rings. The third-order valence-corrected chi connectivity index (χ3v) is 5.24. The highest BCUT2D eigenvalue weighted by Crippen LogP contribution is 2.44. The molecular weight excluding hydrogens is 218 g/mol. The van der Waals surface area contributed by atoms with Gasteiger partial charge >= 0.3 is 0 Å². The molecule has 1 aromatic heterocycles. The Balaban J connectivity index is 1.67. The normalized spacial score (nSPS) is 23.8. The molecule has 2 aliphatic rings. The van der Waals surface area contributed by atoms with Crippen LogP contribution in [0.25, 0.3) is 0 Å². The van der Waals surface area contributed by atoms with Crippen molar-refractivity contribution in [2.24, 2.45) is 5.41 Å². The maximum Gasteiger partial charge on any atom is 0.0934 e. The molecule has 0 spiro atoms. The van der Waals surface area contributed by atoms with Crippen LogP contribution in [0.1, 0.15) is 55.1 Å². The Labute approximate surface area is 101 Å². The second-order valence-corrected chi connectivity index (χ2v) is 6.43. The monoisotopic (exact) mass is 237 g/mol. The third-order valence-electron chi connectivity index (χ3n) is 4.37. The summed E-state index contributed by atoms with van der Waals surface area (Å²) in [4.78, 5) is 4.75. The van der Waals surface area contributed by atoms with Crippen molar-refractivity contribution >= 4 is 11.3 Å². The molecule has 3 heteroatoms. The largest absolute Gasteiger partial charge is 0.396 e. The van der Waals surface area contributed by atoms with Gasteiger partial charge in [0, 0.05) is 24.3 Å². The van der Waals surface area contributed by atoms with Crippen LogP contribution in [-0.2, 0) is 6.42 Å². The Kier molecular flexibility index (Phi) is 2.76. The van der Waals surface area contributed by atoms with Gasteiger partial charge in [-0.15, -0.1) is 11.3 Å². The van der Waals surface area contributed by atoms with Crippen molar-refractivity contribution in [2.45, 2.75) is 50.9 Å². The van der Waals surface area contributed by atoms with Crippen LogP contribution in [0.3, 0.4) is 0 Å². The molecule has 2 aliphatic carbocycles. The van der Waals surface area contributed by atoms with Crippen LogP contribution in [-0.4, -0.2) is 16.7 Å². The van der Waals surface area contributed by atoms with Gasteiger partial charge in [0.15, 0.2) is 0 Å². The minimum Gasteiger partial charge on any atom is -0.396 e. The van der Waals surface area contributed by atoms with Crippen LogP contribution >= 0.6 is 11.3 Å². The number of aromatic nitrogens is 1. The van der Waals surface area contributed by atoms with Gasteiger partial charge in [0.05, 0.1) is 10.7 Å². The van der Waals surface area contributed by atoms with E-state index in [-0.39, 0.29) is 5.41 Å². The number of aliphatic hydroxyl groups is 1. The smallest absolute Gasteiger partial charge is 0.0934 e. The first-order chi connectivity index (χ1) is 7.81. The summed E-state index contributed by atoms with van der Waals surface area (Å²) in [5.74, 6) is 0.747. The van der Waals surface area contributed by atoms with Crippen molar-refractivity contribution in [1.29, 1.82) is 0 Å². The Bertz CT molecular complexity index is 360. The van der Waals surface area contributed by atoms with Gasteiger partial charge in [0.1, 0.15) is 0 Å². The minimum absolute atomic E-state index is 0.189. The lowest BCUT2D eigenvalue weighted by Crippen LogP contribution is -2.35. The van der Waals surface area contributed by atoms with Gasteiger partial charge in [0.25, 0.3) is 0 Å². The highest BCUT2D eigenvalue weighted by molar-refractivity contribution is 7.09. The van der Waals surface area contributed by atoms with E-state index in [0.717, 1.165) is 12.3 Å². The summed E-state index contributed by atoms with van der Waals surface area (Å²) >= 11 is 1.80. The van der Waals surface area contributed by atoms with E-state index in [2.05, 4.69) is 5.38 Å². The lowest BCUT2D eigenvalue weighted by atomic mass is 9.67. The van der Waals surface area contributed by atoms with Crippen molar-refractivity contribution in [3.8, 4) is 0 Å². The molecule has 0 atom stereocenters. The highest BCUT2D eigenvalue weighted by Gasteiger charge is 2.37. The second kappa shape index (κ2) is 4.11. The molecule has 2 saturated carbocycles. The summed E-state index contributed by atoms with van der Waals surface area (Å²) in [6.45, 7) is 0.339. The van der Waals surface area contributed by atoms with Crippen LogP contribution in [0.5, 0.6) is 0 Å². The number of hydrogen-bond acceptors (Lipinski definition) is 3. The fourth-order valence-corrected chi connectivity index (χ4v) is 3.74. The topological polar surface area (TPSA) is 33.1 Å². The lowest BCUT2D eigenvalue weighted by molar-refractivity contribution is 0.0449. The van der Waals surface area contributed by atoms with E-state index in [1.54, 1.807) is 11.3 Å². The SMILES string of the molecule is OCC1(Cc2nc(C3CCC3)cs2)CCC1. The second-order valence-electron chi connectivity index (χ2n) is 5.48. The molecule has 1 N–H and O–H groups in total. The predicted octanol–water partition coefficient (Wildman–Crippen LogP) is 3.12. The zero-order chi connectivity index (χ0) is 11.0. The van der Waals surface area contributed by atoms with E-state index in [9.17, 15) is 5.11 Å². The van der Waals surface area contributed by atoms with Crippen LogP contribution < -0.4 is 0 Å². The molecule has 2 nitrogen and oxygen atoms in total. The molecule has 0 aliphatic heterocycles. The molecule has 88 valence electrons. The summed E-state index contributed by atoms with van der Waals surface area (Å²) in [6, 6.07) is 0. The van der Waals surface area contributed by atoms with E-state index in [1.807, 2.05) is 0 Å². The zero-order valence-electron chi connectivity index (χ0n) is 9.61. The summed E-state index contributed by atoms with van der Waals surface area (Å²) in [5, 5.41) is 12.9. The molecule has 16 heavy (non-hydrogen) atoms. The third kappa shape index (κ3) is 1.80. The van der Waals surface area contributed by atoms with Gasteiger partial charge in [-0.05, 0) is 31.1 Å². The summed E-state index contributed by atoms with van der Waals surface area (Å²) in [5.41, 5.74) is 1.51. The number of rotatable bonds is 4. The van der Waals surface area contributed by atoms with E-state index in [1.165, 1.54) is 49.2 Å². The Morgan fingerprint density at radius 3 is 2.69 bits per heavy atom. The molecule has 0 radical (unpaired) electrons. The van der Waals surface area contributed by atoms with Crippen molar-refractivity contribution in [3.63, 3.8) is 0 Å². The average Bonchev–Trinajstić information content (AvgIpc) is 2.57. The van der Waals surface area contributed by atoms with Gasteiger partial charge in [-0.3, -0.25) is 0 Å². The molecule has 1 aromatic rings. The van der Waals surface area contributed by atoms with Gasteiger partial charge in [-0.1, -0.05) is 12.8 Å². The maximum absolute atomic E-state index is 9.45. The Hall–Kier alpha value is -0.410. The van der Waals surface area contributed by atoms with Crippen molar-refractivity contribution in [1.82, 2.24) is 4.98 Å². The van der Waals surface area contributed by atoms with Crippen LogP contribution in [0.15, 0.2) is 5.38 Å². The van der Waals surface area contributed by atoms with Crippen molar-refractivity contribution < 1.29 is 5.11 Å². The zero-order valence-corrected chi connectivity index (χ0v) is 10.4. The van der Waals surface area contributed by atoms with Crippen LogP contribution in [0.4, 0.5) is 0 Å². The van der Waals surface area contributed by atoms with Crippen LogP contribution in [0, 0.1) is 5.41 Å². The number of aliphatic hydroxyl groups excluding tert-OH is 1. The standard InChI is InChI=1S/C13H19NOS/c15-9-13(5-2-6-13)7-12-14-11(8-16-12)10-3-1-4-10/h8,10,15H,1-7,9H2. The number of hydrogen-bond donors (Lipinski definition) is 1. The first-order valence-electron chi connectivity index (χ1n) is 6.36. The summed E-state index contributed by atoms with van der Waals surface area (Å²) in [7, 11) is 0. The molecule has 0 amide bonds. The Morgan fingerprint density at radius 2 is 2.19 bits per heavy atom. The van der Waals surface area contributed by atoms with Gasteiger partial charge in [-0.25, -0.2) is 4.98 Å². The molecule has 0 aromatic carbocycles. The van der Waals surface area contributed by atoms with E-state index >= 15 is 0 Å². The van der Waals surface area contributed by atoms with Gasteiger partial charge in [0.2, 0.25) is 0 Å². The molecule has 0 saturated heterocycles. The van der Waals surface area contributed by atoms with Crippen LogP contribution in [0.2, 0.25) is 0 Å². The first kappa shape index (κ1) is 10.7. The molecular formula is C13H19NOS. The fourth-order valence-electron chi connectivity index (χ4n) is 2.69. The van der Waals surface area contributed by atoms with E-state index in [0.29, 0.717) is 6.61 Å². The maximum atomic E-state index is 9.45. The predicted molar refractivity (Wildman–Crippen MR) is 65.8 cm³/mol. The quantitative estimate of drug-likeness (QED) is 0.873.